The van der Waals surface area contributed by atoms with Gasteiger partial charge >= 0.3 is 6.18 Å². The molecule has 3 fully saturated rings. The van der Waals surface area contributed by atoms with Gasteiger partial charge in [-0.1, -0.05) is 6.07 Å². The number of hydrogen-bond acceptors (Lipinski definition) is 3. The number of hydrogen-bond donors (Lipinski definition) is 2. The lowest BCUT2D eigenvalue weighted by molar-refractivity contribution is -0.133. The van der Waals surface area contributed by atoms with Crippen LogP contribution < -0.4 is 10.6 Å². The molecule has 1 atom stereocenters. The number of aryl methyl sites for hydroxylation is 1. The van der Waals surface area contributed by atoms with Gasteiger partial charge in [0.05, 0.1) is 11.1 Å². The summed E-state index contributed by atoms with van der Waals surface area (Å²) < 4.78 is 74.4. The monoisotopic (exact) mass is 582 g/mol. The summed E-state index contributed by atoms with van der Waals surface area (Å²) in [5, 5.41) is 5.78. The van der Waals surface area contributed by atoms with E-state index in [9.17, 15) is 31.5 Å². The van der Waals surface area contributed by atoms with Gasteiger partial charge in [-0.25, -0.2) is 8.78 Å². The average Bonchev–Trinajstić information content (AvgIpc) is 3.63. The third-order valence-corrected chi connectivity index (χ3v) is 8.42. The van der Waals surface area contributed by atoms with Crippen molar-refractivity contribution in [3.63, 3.8) is 0 Å². The van der Waals surface area contributed by atoms with Crippen LogP contribution in [-0.2, 0) is 6.42 Å². The first-order valence-electron chi connectivity index (χ1n) is 13.8. The molecule has 3 aliphatic rings. The van der Waals surface area contributed by atoms with Gasteiger partial charge in [0.2, 0.25) is 0 Å². The molecular formula is C32H27F5N2O3. The van der Waals surface area contributed by atoms with Crippen LogP contribution in [0.25, 0.3) is 33.4 Å². The fourth-order valence-electron chi connectivity index (χ4n) is 6.24. The van der Waals surface area contributed by atoms with Crippen molar-refractivity contribution < 1.29 is 36.0 Å². The normalized spacial score (nSPS) is 19.5. The smallest absolute Gasteiger partial charge is 0.389 e. The molecule has 3 aromatic carbocycles. The van der Waals surface area contributed by atoms with E-state index in [0.29, 0.717) is 33.9 Å². The first kappa shape index (κ1) is 27.9. The number of halogens is 5. The molecule has 2 bridgehead atoms. The quantitative estimate of drug-likeness (QED) is 0.223. The van der Waals surface area contributed by atoms with Crippen molar-refractivity contribution in [2.75, 3.05) is 7.05 Å². The molecule has 3 aliphatic carbocycles. The Bertz CT molecular complexity index is 1690. The van der Waals surface area contributed by atoms with Crippen molar-refractivity contribution in [1.29, 1.82) is 0 Å². The third-order valence-electron chi connectivity index (χ3n) is 8.42. The molecule has 7 rings (SSSR count). The lowest BCUT2D eigenvalue weighted by Crippen LogP contribution is -2.36. The number of furan rings is 1. The molecule has 3 saturated carbocycles. The number of fused-ring (bicyclic) bond motifs is 2. The summed E-state index contributed by atoms with van der Waals surface area (Å²) in [6, 6.07) is 12.1. The van der Waals surface area contributed by atoms with Crippen LogP contribution >= 0.6 is 0 Å². The highest BCUT2D eigenvalue weighted by atomic mass is 19.4. The van der Waals surface area contributed by atoms with Crippen LogP contribution in [0.4, 0.5) is 22.0 Å². The lowest BCUT2D eigenvalue weighted by Gasteiger charge is -2.24. The summed E-state index contributed by atoms with van der Waals surface area (Å²) in [6.45, 7) is 0. The SMILES string of the molecule is CNC(=O)c1c(-c2ccc(F)cc2)oc2cc(CCC(F)(F)F)c(-c3ccc(F)c(C(=O)N[C@H]4CC5CC4C5)c3)cc12. The molecule has 4 aromatic rings. The number of nitrogens with one attached hydrogen (secondary N) is 2. The fourth-order valence-corrected chi connectivity index (χ4v) is 6.24. The van der Waals surface area contributed by atoms with Crippen molar-refractivity contribution in [2.24, 2.45) is 11.8 Å². The summed E-state index contributed by atoms with van der Waals surface area (Å²) >= 11 is 0. The van der Waals surface area contributed by atoms with Gasteiger partial charge in [-0.15, -0.1) is 0 Å². The second-order valence-corrected chi connectivity index (χ2v) is 11.1. The Morgan fingerprint density at radius 1 is 0.929 bits per heavy atom. The largest absolute Gasteiger partial charge is 0.455 e. The van der Waals surface area contributed by atoms with E-state index < -0.39 is 42.5 Å². The van der Waals surface area contributed by atoms with Gasteiger partial charge in [0.25, 0.3) is 11.8 Å². The minimum absolute atomic E-state index is 0.0184. The highest BCUT2D eigenvalue weighted by Gasteiger charge is 2.45. The highest BCUT2D eigenvalue weighted by molar-refractivity contribution is 6.12. The van der Waals surface area contributed by atoms with Crippen molar-refractivity contribution in [3.05, 3.63) is 82.9 Å². The van der Waals surface area contributed by atoms with Crippen LogP contribution in [0, 0.1) is 23.5 Å². The molecule has 0 spiro atoms. The Hall–Kier alpha value is -4.21. The summed E-state index contributed by atoms with van der Waals surface area (Å²) in [5.41, 5.74) is 1.35. The maximum atomic E-state index is 14.9. The van der Waals surface area contributed by atoms with Crippen LogP contribution in [0.5, 0.6) is 0 Å². The fraction of sp³-hybridized carbons (Fsp3) is 0.312. The number of alkyl halides is 3. The van der Waals surface area contributed by atoms with E-state index in [-0.39, 0.29) is 34.1 Å². The molecule has 1 aromatic heterocycles. The molecule has 5 nitrogen and oxygen atoms in total. The highest BCUT2D eigenvalue weighted by Crippen LogP contribution is 2.48. The predicted molar refractivity (Wildman–Crippen MR) is 147 cm³/mol. The predicted octanol–water partition coefficient (Wildman–Crippen LogP) is 7.43. The average molecular weight is 583 g/mol. The molecule has 0 unspecified atom stereocenters. The molecular weight excluding hydrogens is 555 g/mol. The van der Waals surface area contributed by atoms with Crippen molar-refractivity contribution >= 4 is 22.8 Å². The maximum Gasteiger partial charge on any atom is 0.389 e. The van der Waals surface area contributed by atoms with Gasteiger partial charge in [0, 0.05) is 30.5 Å². The Kier molecular flexibility index (Phi) is 7.03. The second kappa shape index (κ2) is 10.6. The molecule has 10 heteroatoms. The van der Waals surface area contributed by atoms with E-state index in [1.165, 1.54) is 55.6 Å². The zero-order chi connectivity index (χ0) is 29.8. The van der Waals surface area contributed by atoms with Crippen LogP contribution in [0.2, 0.25) is 0 Å². The van der Waals surface area contributed by atoms with Gasteiger partial charge < -0.3 is 15.1 Å². The maximum absolute atomic E-state index is 14.9. The summed E-state index contributed by atoms with van der Waals surface area (Å²) in [5.74, 6) is -1.22. The van der Waals surface area contributed by atoms with Gasteiger partial charge in [-0.2, -0.15) is 13.2 Å². The topological polar surface area (TPSA) is 71.3 Å². The minimum atomic E-state index is -4.45. The molecule has 1 heterocycles. The van der Waals surface area contributed by atoms with Crippen LogP contribution in [0.3, 0.4) is 0 Å². The number of carbonyl (C=O) groups is 2. The summed E-state index contributed by atoms with van der Waals surface area (Å²) in [7, 11) is 1.42. The van der Waals surface area contributed by atoms with E-state index in [0.717, 1.165) is 25.3 Å². The van der Waals surface area contributed by atoms with Crippen molar-refractivity contribution in [1.82, 2.24) is 10.6 Å². The van der Waals surface area contributed by atoms with E-state index >= 15 is 0 Å². The molecule has 2 amide bonds. The van der Waals surface area contributed by atoms with Crippen molar-refractivity contribution in [3.8, 4) is 22.5 Å². The summed E-state index contributed by atoms with van der Waals surface area (Å²) in [4.78, 5) is 26.1. The van der Waals surface area contributed by atoms with E-state index in [2.05, 4.69) is 10.6 Å². The lowest BCUT2D eigenvalue weighted by atomic mass is 9.84. The Balaban J connectivity index is 1.48. The Morgan fingerprint density at radius 2 is 1.64 bits per heavy atom. The second-order valence-electron chi connectivity index (χ2n) is 11.1. The Morgan fingerprint density at radius 3 is 2.29 bits per heavy atom. The molecule has 0 aliphatic heterocycles. The molecule has 0 saturated heterocycles. The molecule has 0 radical (unpaired) electrons. The van der Waals surface area contributed by atoms with E-state index in [1.54, 1.807) is 0 Å². The summed E-state index contributed by atoms with van der Waals surface area (Å²) in [6.07, 6.45) is -3.03. The van der Waals surface area contributed by atoms with Gasteiger partial charge in [0.15, 0.2) is 0 Å². The Labute approximate surface area is 238 Å². The standard InChI is InChI=1S/C32H27F5N2O3/c1-38-31(41)28-24-15-22(18-4-7-25(34)23(13-18)30(40)39-26-12-16-10-20(26)11-16)19(8-9-32(35,36)37)14-27(24)42-29(28)17-2-5-21(33)6-3-17/h2-7,13-16,20,26H,8-12H2,1H3,(H,38,41)(H,39,40)/t16?,20?,26-/m0/s1. The van der Waals surface area contributed by atoms with E-state index in [1.807, 2.05) is 0 Å². The van der Waals surface area contributed by atoms with Crippen LogP contribution in [0.15, 0.2) is 59.0 Å². The number of rotatable bonds is 7. The zero-order valence-corrected chi connectivity index (χ0v) is 22.6. The van der Waals surface area contributed by atoms with Gasteiger partial charge in [-0.3, -0.25) is 9.59 Å². The van der Waals surface area contributed by atoms with E-state index in [4.69, 9.17) is 4.42 Å². The van der Waals surface area contributed by atoms with Crippen molar-refractivity contribution in [2.45, 2.75) is 44.3 Å². The van der Waals surface area contributed by atoms with Crippen LogP contribution in [-0.4, -0.2) is 31.1 Å². The third kappa shape index (κ3) is 5.26. The molecule has 218 valence electrons. The number of carbonyl (C=O) groups excluding carboxylic acids is 2. The molecule has 2 N–H and O–H groups in total. The van der Waals surface area contributed by atoms with Gasteiger partial charge in [-0.05, 0) is 103 Å². The minimum Gasteiger partial charge on any atom is -0.455 e. The zero-order valence-electron chi connectivity index (χ0n) is 22.6. The molecule has 42 heavy (non-hydrogen) atoms. The number of amides is 2. The van der Waals surface area contributed by atoms with Crippen LogP contribution in [0.1, 0.15) is 52.0 Å². The first-order valence-corrected chi connectivity index (χ1v) is 13.8. The first-order chi connectivity index (χ1) is 20.0. The van der Waals surface area contributed by atoms with Gasteiger partial charge in [0.1, 0.15) is 23.0 Å². The number of benzene rings is 3.